The van der Waals surface area contributed by atoms with Gasteiger partial charge in [0.2, 0.25) is 5.78 Å². The van der Waals surface area contributed by atoms with Crippen LogP contribution in [0.2, 0.25) is 0 Å². The van der Waals surface area contributed by atoms with Crippen molar-refractivity contribution in [2.45, 2.75) is 37.5 Å². The summed E-state index contributed by atoms with van der Waals surface area (Å²) in [6, 6.07) is 3.32. The summed E-state index contributed by atoms with van der Waals surface area (Å²) in [5, 5.41) is 56.4. The molecule has 0 unspecified atom stereocenters. The molecule has 1 saturated carbocycles. The third-order valence-electron chi connectivity index (χ3n) is 8.74. The van der Waals surface area contributed by atoms with Crippen LogP contribution in [-0.2, 0) is 33.8 Å². The average molecular weight is 614 g/mol. The normalized spacial score (nSPS) is 23.8. The summed E-state index contributed by atoms with van der Waals surface area (Å²) < 4.78 is 0. The third kappa shape index (κ3) is 4.68. The number of aromatic nitrogens is 1. The van der Waals surface area contributed by atoms with Gasteiger partial charge in [0, 0.05) is 36.0 Å². The molecule has 45 heavy (non-hydrogen) atoms. The maximum atomic E-state index is 14.2. The van der Waals surface area contributed by atoms with Crippen molar-refractivity contribution in [2.24, 2.45) is 17.6 Å². The van der Waals surface area contributed by atoms with E-state index in [2.05, 4.69) is 23.5 Å². The molecule has 3 aliphatic carbocycles. The summed E-state index contributed by atoms with van der Waals surface area (Å²) in [5.74, 6) is -8.52. The number of amides is 2. The topological polar surface area (TPSA) is 227 Å². The first-order chi connectivity index (χ1) is 21.4. The van der Waals surface area contributed by atoms with Gasteiger partial charge in [0.1, 0.15) is 28.9 Å². The van der Waals surface area contributed by atoms with E-state index in [1.54, 1.807) is 24.3 Å². The van der Waals surface area contributed by atoms with Crippen LogP contribution in [0, 0.1) is 17.2 Å². The molecule has 2 amide bonds. The molecule has 3 aliphatic rings. The summed E-state index contributed by atoms with van der Waals surface area (Å²) >= 11 is 0. The first-order valence-electron chi connectivity index (χ1n) is 14.0. The number of phenols is 1. The third-order valence-corrected chi connectivity index (χ3v) is 8.74. The fourth-order valence-electron chi connectivity index (χ4n) is 6.69. The van der Waals surface area contributed by atoms with Crippen molar-refractivity contribution in [2.75, 3.05) is 0 Å². The van der Waals surface area contributed by atoms with Crippen molar-refractivity contribution in [1.82, 2.24) is 15.2 Å². The fourth-order valence-corrected chi connectivity index (χ4v) is 6.69. The van der Waals surface area contributed by atoms with Crippen LogP contribution < -0.4 is 11.1 Å². The number of benzene rings is 1. The number of hydrogen-bond donors (Lipinski definition) is 7. The number of allylic oxidation sites excluding steroid dienone is 1. The number of nitrogens with two attached hydrogens (primary N) is 1. The van der Waals surface area contributed by atoms with Crippen LogP contribution in [0.5, 0.6) is 5.75 Å². The SMILES string of the molecule is C=CCc1cc(CNC(=O)c2cccnc2)c(O)c2c1C[C@H]1C[C@H]3[C@H](N(C=C)C=N)C(=O)C(C(N)=O)=C(O)[C@@]3(O)C(=O)C1=C2O. The number of fused-ring (bicyclic) bond motifs is 3. The monoisotopic (exact) mass is 613 g/mol. The predicted molar refractivity (Wildman–Crippen MR) is 161 cm³/mol. The Morgan fingerprint density at radius 3 is 2.56 bits per heavy atom. The molecule has 1 aromatic heterocycles. The lowest BCUT2D eigenvalue weighted by molar-refractivity contribution is -0.152. The van der Waals surface area contributed by atoms with E-state index in [0.29, 0.717) is 17.5 Å². The summed E-state index contributed by atoms with van der Waals surface area (Å²) in [6.45, 7) is 7.21. The van der Waals surface area contributed by atoms with Crippen LogP contribution in [0.4, 0.5) is 0 Å². The minimum absolute atomic E-state index is 0.0822. The van der Waals surface area contributed by atoms with E-state index < -0.39 is 69.7 Å². The van der Waals surface area contributed by atoms with Gasteiger partial charge in [-0.25, -0.2) is 0 Å². The van der Waals surface area contributed by atoms with Crippen LogP contribution in [0.3, 0.4) is 0 Å². The second-order valence-electron chi connectivity index (χ2n) is 11.1. The molecule has 0 bridgehead atoms. The maximum Gasteiger partial charge on any atom is 0.255 e. The minimum atomic E-state index is -2.88. The number of primary amides is 1. The Balaban J connectivity index is 1.65. The number of aliphatic hydroxyl groups is 3. The molecule has 4 atom stereocenters. The van der Waals surface area contributed by atoms with Crippen LogP contribution >= 0.6 is 0 Å². The van der Waals surface area contributed by atoms with Gasteiger partial charge in [-0.15, -0.1) is 6.58 Å². The van der Waals surface area contributed by atoms with Crippen molar-refractivity contribution < 1.29 is 39.6 Å². The molecular weight excluding hydrogens is 582 g/mol. The van der Waals surface area contributed by atoms with Gasteiger partial charge in [-0.05, 0) is 60.7 Å². The number of aromatic hydroxyl groups is 1. The van der Waals surface area contributed by atoms with Crippen LogP contribution in [0.1, 0.15) is 39.0 Å². The number of pyridine rings is 1. The smallest absolute Gasteiger partial charge is 0.255 e. The fraction of sp³-hybridized carbons (Fsp3) is 0.250. The molecule has 2 aromatic rings. The summed E-state index contributed by atoms with van der Waals surface area (Å²) in [6.07, 6.45) is 6.57. The van der Waals surface area contributed by atoms with Crippen LogP contribution in [-0.4, -0.2) is 71.7 Å². The van der Waals surface area contributed by atoms with Gasteiger partial charge in [-0.1, -0.05) is 12.7 Å². The molecule has 1 fully saturated rings. The number of carbonyl (C=O) groups is 4. The highest BCUT2D eigenvalue weighted by molar-refractivity contribution is 6.24. The lowest BCUT2D eigenvalue weighted by Crippen LogP contribution is -2.65. The largest absolute Gasteiger partial charge is 0.508 e. The van der Waals surface area contributed by atoms with Crippen LogP contribution in [0.25, 0.3) is 5.76 Å². The number of hydrogen-bond acceptors (Lipinski definition) is 10. The molecule has 1 aromatic carbocycles. The summed E-state index contributed by atoms with van der Waals surface area (Å²) in [7, 11) is 0. The Hall–Kier alpha value is -5.56. The van der Waals surface area contributed by atoms with E-state index in [9.17, 15) is 39.6 Å². The van der Waals surface area contributed by atoms with E-state index in [4.69, 9.17) is 11.1 Å². The van der Waals surface area contributed by atoms with Gasteiger partial charge in [0.15, 0.2) is 11.4 Å². The highest BCUT2D eigenvalue weighted by Gasteiger charge is 2.64. The molecule has 8 N–H and O–H groups in total. The van der Waals surface area contributed by atoms with Gasteiger partial charge in [0.25, 0.3) is 11.8 Å². The standard InChI is InChI=1S/C32H31N5O8/c1-3-6-15-9-18(13-36-31(44)16-7-5-8-35-12-16)25(38)22-19(15)10-17-11-20-24(37(4-2)14-33)27(40)23(30(34)43)29(42)32(20,45)28(41)21(17)26(22)39/h3-5,7-9,12,14,17,20,24,33,38-39,42,45H,1-2,6,10-11,13H2,(H2,34,43)(H,36,44)/t17-,20-,24-,32-/m0/s1. The van der Waals surface area contributed by atoms with E-state index >= 15 is 0 Å². The summed E-state index contributed by atoms with van der Waals surface area (Å²) in [4.78, 5) is 57.4. The number of rotatable bonds is 9. The Bertz CT molecular complexity index is 1740. The lowest BCUT2D eigenvalue weighted by Gasteiger charge is -2.50. The molecule has 0 saturated heterocycles. The van der Waals surface area contributed by atoms with Crippen LogP contribution in [0.15, 0.2) is 72.9 Å². The second-order valence-corrected chi connectivity index (χ2v) is 11.1. The molecule has 0 aliphatic heterocycles. The predicted octanol–water partition coefficient (Wildman–Crippen LogP) is 1.51. The molecule has 13 nitrogen and oxygen atoms in total. The van der Waals surface area contributed by atoms with E-state index in [0.717, 1.165) is 17.4 Å². The number of carbonyl (C=O) groups excluding carboxylic acids is 4. The number of Topliss-reactive ketones (excluding diaryl/α,β-unsaturated/α-hetero) is 2. The quantitative estimate of drug-likeness (QED) is 0.0933. The summed E-state index contributed by atoms with van der Waals surface area (Å²) in [5.41, 5.74) is 2.73. The number of phenolic OH excluding ortho intramolecular Hbond substituents is 1. The molecule has 5 rings (SSSR count). The Morgan fingerprint density at radius 1 is 1.22 bits per heavy atom. The van der Waals surface area contributed by atoms with Crippen molar-refractivity contribution in [3.05, 3.63) is 101 Å². The van der Waals surface area contributed by atoms with Crippen molar-refractivity contribution in [1.29, 1.82) is 5.41 Å². The molecule has 1 heterocycles. The maximum absolute atomic E-state index is 14.2. The van der Waals surface area contributed by atoms with E-state index in [1.165, 1.54) is 12.4 Å². The highest BCUT2D eigenvalue weighted by atomic mass is 16.3. The van der Waals surface area contributed by atoms with Crippen molar-refractivity contribution in [3.8, 4) is 5.75 Å². The van der Waals surface area contributed by atoms with Gasteiger partial charge in [0.05, 0.1) is 17.5 Å². The molecule has 232 valence electrons. The number of nitrogens with one attached hydrogen (secondary N) is 2. The van der Waals surface area contributed by atoms with Gasteiger partial charge in [-0.2, -0.15) is 0 Å². The van der Waals surface area contributed by atoms with E-state index in [-0.39, 0.29) is 41.6 Å². The second kappa shape index (κ2) is 11.5. The van der Waals surface area contributed by atoms with Gasteiger partial charge in [-0.3, -0.25) is 29.6 Å². The number of aliphatic hydroxyl groups excluding tert-OH is 2. The lowest BCUT2D eigenvalue weighted by atomic mass is 9.57. The van der Waals surface area contributed by atoms with Gasteiger partial charge < -0.3 is 36.4 Å². The first-order valence-corrected chi connectivity index (χ1v) is 14.0. The van der Waals surface area contributed by atoms with Gasteiger partial charge >= 0.3 is 0 Å². The number of nitrogens with zero attached hydrogens (tertiary/aromatic N) is 2. The Kier molecular flexibility index (Phi) is 7.89. The highest BCUT2D eigenvalue weighted by Crippen LogP contribution is 2.53. The zero-order valence-corrected chi connectivity index (χ0v) is 24.0. The number of ketones is 2. The van der Waals surface area contributed by atoms with Crippen molar-refractivity contribution in [3.63, 3.8) is 0 Å². The Morgan fingerprint density at radius 2 is 1.96 bits per heavy atom. The molecule has 0 spiro atoms. The molecule has 0 radical (unpaired) electrons. The Labute approximate surface area is 257 Å². The zero-order valence-electron chi connectivity index (χ0n) is 24.0. The minimum Gasteiger partial charge on any atom is -0.508 e. The van der Waals surface area contributed by atoms with E-state index in [1.807, 2.05) is 0 Å². The van der Waals surface area contributed by atoms with Crippen molar-refractivity contribution >= 4 is 35.5 Å². The first kappa shape index (κ1) is 30.9. The average Bonchev–Trinajstić information content (AvgIpc) is 3.01. The zero-order chi connectivity index (χ0) is 32.8. The molecule has 13 heteroatoms. The molecular formula is C32H31N5O8.